The van der Waals surface area contributed by atoms with Gasteiger partial charge in [-0.05, 0) is 48.9 Å². The normalized spacial score (nSPS) is 14.0. The first-order valence-corrected chi connectivity index (χ1v) is 15.5. The minimum absolute atomic E-state index is 0.0341. The van der Waals surface area contributed by atoms with Gasteiger partial charge in [0.25, 0.3) is 0 Å². The van der Waals surface area contributed by atoms with Gasteiger partial charge in [0.2, 0.25) is 33.5 Å². The molecule has 0 fully saturated rings. The largest absolute Gasteiger partial charge is 0.461 e. The molecule has 238 valence electrons. The Hall–Kier alpha value is -3.55. The first-order chi connectivity index (χ1) is 20.0. The number of hydrogen-bond donors (Lipinski definition) is 4. The van der Waals surface area contributed by atoms with E-state index in [0.29, 0.717) is 13.0 Å². The Kier molecular flexibility index (Phi) is 13.1. The Labute approximate surface area is 253 Å². The molecule has 12 nitrogen and oxygen atoms in total. The Balaban J connectivity index is 2.29. The van der Waals surface area contributed by atoms with Crippen molar-refractivity contribution in [1.82, 2.24) is 20.7 Å². The zero-order valence-corrected chi connectivity index (χ0v) is 26.7. The molecular weight excluding hydrogens is 576 g/mol. The van der Waals surface area contributed by atoms with Crippen molar-refractivity contribution in [1.29, 1.82) is 0 Å². The topological polar surface area (TPSA) is 173 Å². The predicted molar refractivity (Wildman–Crippen MR) is 161 cm³/mol. The molecule has 0 aliphatic carbocycles. The molecule has 1 heterocycles. The van der Waals surface area contributed by atoms with Gasteiger partial charge >= 0.3 is 0 Å². The highest BCUT2D eigenvalue weighted by Gasteiger charge is 2.33. The van der Waals surface area contributed by atoms with E-state index in [-0.39, 0.29) is 28.6 Å². The molecule has 0 unspecified atom stereocenters. The molecule has 0 saturated carbocycles. The molecule has 13 heteroatoms. The SMILES string of the molecule is COC[C@H](NC(=O)[C@H](CC(=O)NCC(C)(C)C)NS(=O)(=O)c1ccc(C)cc1)C(=O)N[C@@H](CC(C)C)C(=O)c1ccco1. The van der Waals surface area contributed by atoms with Gasteiger partial charge < -0.3 is 25.1 Å². The van der Waals surface area contributed by atoms with E-state index >= 15 is 0 Å². The lowest BCUT2D eigenvalue weighted by Gasteiger charge is -2.25. The summed E-state index contributed by atoms with van der Waals surface area (Å²) >= 11 is 0. The number of amides is 3. The third kappa shape index (κ3) is 11.9. The van der Waals surface area contributed by atoms with E-state index in [1.165, 1.54) is 31.6 Å². The van der Waals surface area contributed by atoms with Crippen LogP contribution in [0, 0.1) is 18.3 Å². The van der Waals surface area contributed by atoms with Gasteiger partial charge in [-0.15, -0.1) is 0 Å². The number of Topliss-reactive ketones (excluding diaryl/α,β-unsaturated/α-hetero) is 1. The van der Waals surface area contributed by atoms with E-state index in [2.05, 4.69) is 20.7 Å². The first kappa shape index (κ1) is 35.6. The van der Waals surface area contributed by atoms with Crippen LogP contribution in [-0.4, -0.2) is 70.3 Å². The lowest BCUT2D eigenvalue weighted by molar-refractivity contribution is -0.132. The van der Waals surface area contributed by atoms with Crippen molar-refractivity contribution in [3.05, 3.63) is 54.0 Å². The average Bonchev–Trinajstić information content (AvgIpc) is 3.45. The zero-order valence-electron chi connectivity index (χ0n) is 25.9. The molecule has 0 radical (unpaired) electrons. The summed E-state index contributed by atoms with van der Waals surface area (Å²) in [6, 6.07) is 5.23. The van der Waals surface area contributed by atoms with E-state index in [1.807, 2.05) is 34.6 Å². The lowest BCUT2D eigenvalue weighted by atomic mass is 9.97. The molecule has 3 amide bonds. The van der Waals surface area contributed by atoms with Crippen LogP contribution in [0.25, 0.3) is 0 Å². The summed E-state index contributed by atoms with van der Waals surface area (Å²) in [4.78, 5) is 52.5. The Morgan fingerprint density at radius 1 is 0.930 bits per heavy atom. The molecule has 0 aliphatic heterocycles. The van der Waals surface area contributed by atoms with Gasteiger partial charge in [0, 0.05) is 13.7 Å². The number of carbonyl (C=O) groups excluding carboxylic acids is 4. The van der Waals surface area contributed by atoms with Crippen molar-refractivity contribution in [3.63, 3.8) is 0 Å². The summed E-state index contributed by atoms with van der Waals surface area (Å²) in [5.41, 5.74) is 0.584. The number of aryl methyl sites for hydroxylation is 1. The number of carbonyl (C=O) groups is 4. The molecule has 3 atom stereocenters. The minimum Gasteiger partial charge on any atom is -0.461 e. The standard InChI is InChI=1S/C30H44N4O8S/c1-19(2)15-22(27(36)25-9-8-14-42-25)32-29(38)24(17-41-7)33-28(37)23(16-26(35)31-18-30(4,5)6)34-43(39,40)21-12-10-20(3)11-13-21/h8-14,19,22-24,34H,15-18H2,1-7H3,(H,31,35)(H,32,38)(H,33,37)/t22-,23-,24-/m0/s1. The molecular formula is C30H44N4O8S. The van der Waals surface area contributed by atoms with Crippen LogP contribution in [-0.2, 0) is 29.1 Å². The monoisotopic (exact) mass is 620 g/mol. The second kappa shape index (κ2) is 15.8. The number of benzene rings is 1. The highest BCUT2D eigenvalue weighted by atomic mass is 32.2. The van der Waals surface area contributed by atoms with Crippen molar-refractivity contribution in [2.75, 3.05) is 20.3 Å². The molecule has 0 saturated heterocycles. The van der Waals surface area contributed by atoms with Gasteiger partial charge in [-0.2, -0.15) is 4.72 Å². The fourth-order valence-corrected chi connectivity index (χ4v) is 5.16. The average molecular weight is 621 g/mol. The number of nitrogens with one attached hydrogen (secondary N) is 4. The molecule has 43 heavy (non-hydrogen) atoms. The first-order valence-electron chi connectivity index (χ1n) is 14.1. The molecule has 2 rings (SSSR count). The maximum Gasteiger partial charge on any atom is 0.245 e. The molecule has 1 aromatic heterocycles. The lowest BCUT2D eigenvalue weighted by Crippen LogP contribution is -2.57. The number of sulfonamides is 1. The van der Waals surface area contributed by atoms with E-state index < -0.39 is 58.1 Å². The van der Waals surface area contributed by atoms with Crippen LogP contribution in [0.4, 0.5) is 0 Å². The molecule has 1 aromatic carbocycles. The van der Waals surface area contributed by atoms with Crippen LogP contribution in [0.2, 0.25) is 0 Å². The number of rotatable bonds is 16. The van der Waals surface area contributed by atoms with Crippen molar-refractivity contribution in [2.24, 2.45) is 11.3 Å². The Morgan fingerprint density at radius 3 is 2.07 bits per heavy atom. The summed E-state index contributed by atoms with van der Waals surface area (Å²) in [7, 11) is -2.90. The summed E-state index contributed by atoms with van der Waals surface area (Å²) in [6.07, 6.45) is 1.12. The number of furan rings is 1. The summed E-state index contributed by atoms with van der Waals surface area (Å²) < 4.78 is 39.0. The van der Waals surface area contributed by atoms with E-state index in [9.17, 15) is 27.6 Å². The van der Waals surface area contributed by atoms with E-state index in [0.717, 1.165) is 5.56 Å². The van der Waals surface area contributed by atoms with Crippen molar-refractivity contribution in [2.45, 2.75) is 77.4 Å². The van der Waals surface area contributed by atoms with Crippen LogP contribution in [0.5, 0.6) is 0 Å². The van der Waals surface area contributed by atoms with Gasteiger partial charge in [0.15, 0.2) is 5.76 Å². The summed E-state index contributed by atoms with van der Waals surface area (Å²) in [5, 5.41) is 7.86. The van der Waals surface area contributed by atoms with Crippen LogP contribution >= 0.6 is 0 Å². The van der Waals surface area contributed by atoms with E-state index in [1.54, 1.807) is 25.1 Å². The maximum absolute atomic E-state index is 13.5. The molecule has 0 bridgehead atoms. The Morgan fingerprint density at radius 2 is 1.53 bits per heavy atom. The van der Waals surface area contributed by atoms with Crippen molar-refractivity contribution in [3.8, 4) is 0 Å². The van der Waals surface area contributed by atoms with Gasteiger partial charge in [-0.3, -0.25) is 19.2 Å². The second-order valence-corrected chi connectivity index (χ2v) is 13.8. The molecule has 4 N–H and O–H groups in total. The third-order valence-electron chi connectivity index (χ3n) is 6.22. The third-order valence-corrected chi connectivity index (χ3v) is 7.71. The smallest absolute Gasteiger partial charge is 0.245 e. The fourth-order valence-electron chi connectivity index (χ4n) is 3.97. The minimum atomic E-state index is -4.23. The van der Waals surface area contributed by atoms with Crippen molar-refractivity contribution >= 4 is 33.5 Å². The predicted octanol–water partition coefficient (Wildman–Crippen LogP) is 2.33. The maximum atomic E-state index is 13.5. The Bertz CT molecular complexity index is 1330. The zero-order chi connectivity index (χ0) is 32.4. The number of ether oxygens (including phenoxy) is 1. The van der Waals surface area contributed by atoms with Gasteiger partial charge in [0.1, 0.15) is 12.1 Å². The summed E-state index contributed by atoms with van der Waals surface area (Å²) in [6.45, 7) is 11.3. The number of ketones is 1. The fraction of sp³-hybridized carbons (Fsp3) is 0.533. The van der Waals surface area contributed by atoms with Crippen LogP contribution < -0.4 is 20.7 Å². The number of methoxy groups -OCH3 is 1. The molecule has 2 aromatic rings. The van der Waals surface area contributed by atoms with Crippen LogP contribution in [0.15, 0.2) is 52.0 Å². The second-order valence-electron chi connectivity index (χ2n) is 12.1. The highest BCUT2D eigenvalue weighted by Crippen LogP contribution is 2.15. The van der Waals surface area contributed by atoms with Crippen LogP contribution in [0.1, 0.15) is 63.6 Å². The van der Waals surface area contributed by atoms with Gasteiger partial charge in [-0.25, -0.2) is 8.42 Å². The number of hydrogen-bond acceptors (Lipinski definition) is 8. The van der Waals surface area contributed by atoms with Crippen molar-refractivity contribution < 1.29 is 36.7 Å². The van der Waals surface area contributed by atoms with E-state index in [4.69, 9.17) is 9.15 Å². The molecule has 0 aliphatic rings. The quantitative estimate of drug-likeness (QED) is 0.207. The van der Waals surface area contributed by atoms with Gasteiger partial charge in [0.05, 0.1) is 30.2 Å². The highest BCUT2D eigenvalue weighted by molar-refractivity contribution is 7.89. The van der Waals surface area contributed by atoms with Crippen LogP contribution in [0.3, 0.4) is 0 Å². The molecule has 0 spiro atoms. The van der Waals surface area contributed by atoms with Gasteiger partial charge in [-0.1, -0.05) is 52.3 Å². The summed E-state index contributed by atoms with van der Waals surface area (Å²) in [5.74, 6) is -2.53.